The molecule has 0 bridgehead atoms. The molecule has 0 aliphatic heterocycles. The molecule has 0 spiro atoms. The van der Waals surface area contributed by atoms with Crippen LogP contribution in [0.4, 0.5) is 17.1 Å². The molecule has 0 saturated heterocycles. The molecule has 0 unspecified atom stereocenters. The predicted octanol–water partition coefficient (Wildman–Crippen LogP) is 6.44. The first-order valence-electron chi connectivity index (χ1n) is 18.5. The van der Waals surface area contributed by atoms with Crippen molar-refractivity contribution in [2.24, 2.45) is 4.99 Å². The summed E-state index contributed by atoms with van der Waals surface area (Å²) in [5, 5.41) is 12.2. The number of aromatic nitrogens is 2. The summed E-state index contributed by atoms with van der Waals surface area (Å²) in [5.74, 6) is -0.719. The third-order valence-electron chi connectivity index (χ3n) is 9.07. The Morgan fingerprint density at radius 3 is 2.28 bits per heavy atom. The second kappa shape index (κ2) is 20.4. The smallest absolute Gasteiger partial charge is 0.303 e. The fourth-order valence-electron chi connectivity index (χ4n) is 6.21. The number of carbonyl (C=O) groups excluding carboxylic acids is 1. The predicted molar refractivity (Wildman–Crippen MR) is 215 cm³/mol. The topological polar surface area (TPSA) is 172 Å². The highest BCUT2D eigenvalue weighted by Gasteiger charge is 2.24. The number of ether oxygens (including phenoxy) is 1. The molecule has 4 aromatic rings. The Morgan fingerprint density at radius 1 is 0.944 bits per heavy atom. The second-order valence-corrected chi connectivity index (χ2v) is 15.0. The fraction of sp³-hybridized carbons (Fsp3) is 0.425. The maximum Gasteiger partial charge on any atom is 0.303 e. The number of carboxylic acid groups (broad SMARTS) is 1. The molecule has 14 heteroatoms. The van der Waals surface area contributed by atoms with E-state index in [1.165, 1.54) is 7.11 Å². The van der Waals surface area contributed by atoms with Crippen molar-refractivity contribution in [1.82, 2.24) is 14.3 Å². The van der Waals surface area contributed by atoms with Crippen LogP contribution in [-0.4, -0.2) is 73.7 Å². The molecule has 1 aromatic heterocycles. The zero-order valence-corrected chi connectivity index (χ0v) is 32.5. The van der Waals surface area contributed by atoms with E-state index in [2.05, 4.69) is 10.0 Å². The van der Waals surface area contributed by atoms with E-state index < -0.39 is 21.9 Å². The highest BCUT2D eigenvalue weighted by Crippen LogP contribution is 2.27. The normalized spacial score (nSPS) is 11.8. The number of aryl methyl sites for hydroxylation is 1. The largest absolute Gasteiger partial charge is 0.495 e. The molecule has 0 saturated carbocycles. The molecule has 1 amide bonds. The summed E-state index contributed by atoms with van der Waals surface area (Å²) in [4.78, 5) is 51.0. The van der Waals surface area contributed by atoms with Crippen LogP contribution >= 0.6 is 0 Å². The minimum absolute atomic E-state index is 0.0364. The number of carbonyl (C=O) groups is 2. The number of benzene rings is 3. The van der Waals surface area contributed by atoms with Gasteiger partial charge in [0, 0.05) is 38.3 Å². The average molecular weight is 761 g/mol. The van der Waals surface area contributed by atoms with Crippen LogP contribution in [0, 0.1) is 6.92 Å². The molecule has 0 aliphatic rings. The Bertz CT molecular complexity index is 2100. The van der Waals surface area contributed by atoms with E-state index in [9.17, 15) is 22.8 Å². The molecule has 0 fully saturated rings. The highest BCUT2D eigenvalue weighted by atomic mass is 32.2. The number of sulfonamides is 1. The van der Waals surface area contributed by atoms with Gasteiger partial charge in [-0.3, -0.25) is 19.0 Å². The van der Waals surface area contributed by atoms with Gasteiger partial charge in [-0.1, -0.05) is 62.8 Å². The maximum absolute atomic E-state index is 14.3. The third-order valence-corrected chi connectivity index (χ3v) is 9.80. The number of methoxy groups -OCH3 is 1. The summed E-state index contributed by atoms with van der Waals surface area (Å²) in [6.45, 7) is 5.54. The van der Waals surface area contributed by atoms with E-state index in [1.807, 2.05) is 30.9 Å². The van der Waals surface area contributed by atoms with Crippen LogP contribution in [0.5, 0.6) is 5.75 Å². The molecule has 3 N–H and O–H groups in total. The number of nitrogens with zero attached hydrogens (tertiary/aromatic N) is 4. The average Bonchev–Trinajstić information content (AvgIpc) is 3.14. The van der Waals surface area contributed by atoms with Crippen LogP contribution in [0.3, 0.4) is 0 Å². The van der Waals surface area contributed by atoms with Gasteiger partial charge in [0.15, 0.2) is 11.5 Å². The molecular formula is C40H52N6O7S. The minimum Gasteiger partial charge on any atom is -0.495 e. The molecule has 54 heavy (non-hydrogen) atoms. The van der Waals surface area contributed by atoms with Crippen molar-refractivity contribution >= 4 is 55.6 Å². The molecule has 4 rings (SSSR count). The van der Waals surface area contributed by atoms with E-state index in [1.54, 1.807) is 59.2 Å². The fourth-order valence-corrected chi connectivity index (χ4v) is 6.67. The first kappa shape index (κ1) is 41.7. The first-order chi connectivity index (χ1) is 25.9. The lowest BCUT2D eigenvalue weighted by molar-refractivity contribution is -0.137. The van der Waals surface area contributed by atoms with E-state index >= 15 is 0 Å². The number of amides is 1. The summed E-state index contributed by atoms with van der Waals surface area (Å²) >= 11 is 0. The molecule has 0 atom stereocenters. The van der Waals surface area contributed by atoms with E-state index in [0.29, 0.717) is 60.5 Å². The summed E-state index contributed by atoms with van der Waals surface area (Å²) in [6.07, 6.45) is 8.45. The van der Waals surface area contributed by atoms with E-state index in [4.69, 9.17) is 19.8 Å². The second-order valence-electron chi connectivity index (χ2n) is 13.2. The number of fused-ring (bicyclic) bond motifs is 1. The summed E-state index contributed by atoms with van der Waals surface area (Å²) in [6, 6.07) is 19.7. The molecule has 1 heterocycles. The molecule has 13 nitrogen and oxygen atoms in total. The number of para-hydroxylation sites is 3. The number of unbranched alkanes of at least 4 members (excludes halogenated alkanes) is 7. The summed E-state index contributed by atoms with van der Waals surface area (Å²) < 4.78 is 32.8. The van der Waals surface area contributed by atoms with Crippen LogP contribution in [0.15, 0.2) is 76.5 Å². The van der Waals surface area contributed by atoms with Crippen molar-refractivity contribution in [3.63, 3.8) is 0 Å². The Balaban J connectivity index is 1.69. The molecule has 0 radical (unpaired) electrons. The summed E-state index contributed by atoms with van der Waals surface area (Å²) in [5.41, 5.74) is 2.72. The van der Waals surface area contributed by atoms with Crippen LogP contribution in [0.25, 0.3) is 10.9 Å². The van der Waals surface area contributed by atoms with Gasteiger partial charge in [-0.2, -0.15) is 0 Å². The zero-order valence-electron chi connectivity index (χ0n) is 31.6. The zero-order chi connectivity index (χ0) is 39.1. The lowest BCUT2D eigenvalue weighted by Gasteiger charge is -2.24. The quantitative estimate of drug-likeness (QED) is 0.0602. The Morgan fingerprint density at radius 2 is 1.61 bits per heavy atom. The van der Waals surface area contributed by atoms with Crippen LogP contribution in [0.2, 0.25) is 0 Å². The van der Waals surface area contributed by atoms with Crippen molar-refractivity contribution in [3.05, 3.63) is 88.5 Å². The van der Waals surface area contributed by atoms with Crippen molar-refractivity contribution in [1.29, 1.82) is 0 Å². The van der Waals surface area contributed by atoms with Gasteiger partial charge in [0.2, 0.25) is 10.0 Å². The van der Waals surface area contributed by atoms with Crippen LogP contribution in [-0.2, 0) is 26.2 Å². The number of hydrogen-bond acceptors (Lipinski definition) is 9. The molecular weight excluding hydrogens is 709 g/mol. The van der Waals surface area contributed by atoms with Gasteiger partial charge in [-0.05, 0) is 74.7 Å². The number of aliphatic carboxylic acids is 1. The number of hydrogen-bond donors (Lipinski definition) is 3. The number of likely N-dealkylation sites (N-methyl/N-ethyl adjacent to an activating group) is 1. The summed E-state index contributed by atoms with van der Waals surface area (Å²) in [7, 11) is -1.81. The SMILES string of the molecule is CCN(CCNS(C)(=O)=O)c1ccc(/N=C(/C(=O)Nc2ccccc2OC)c2nc3ccccc3c(=O)n2CCCCCCCCCCC(=O)O)c(C)c1. The lowest BCUT2D eigenvalue weighted by atomic mass is 10.1. The van der Waals surface area contributed by atoms with Gasteiger partial charge in [0.1, 0.15) is 5.75 Å². The lowest BCUT2D eigenvalue weighted by Crippen LogP contribution is -2.34. The monoisotopic (exact) mass is 760 g/mol. The number of carboxylic acids is 1. The van der Waals surface area contributed by atoms with Gasteiger partial charge < -0.3 is 20.1 Å². The van der Waals surface area contributed by atoms with Gasteiger partial charge >= 0.3 is 5.97 Å². The molecule has 0 aliphatic carbocycles. The van der Waals surface area contributed by atoms with E-state index in [-0.39, 0.29) is 30.1 Å². The number of anilines is 2. The van der Waals surface area contributed by atoms with Crippen LogP contribution < -0.4 is 25.2 Å². The van der Waals surface area contributed by atoms with Gasteiger partial charge in [0.05, 0.1) is 35.6 Å². The maximum atomic E-state index is 14.3. The van der Waals surface area contributed by atoms with E-state index in [0.717, 1.165) is 56.0 Å². The van der Waals surface area contributed by atoms with Crippen molar-refractivity contribution < 1.29 is 27.9 Å². The van der Waals surface area contributed by atoms with Crippen molar-refractivity contribution in [3.8, 4) is 5.75 Å². The number of rotatable bonds is 22. The first-order valence-corrected chi connectivity index (χ1v) is 20.4. The molecule has 290 valence electrons. The number of aliphatic imine (C=N–C) groups is 1. The minimum atomic E-state index is -3.32. The van der Waals surface area contributed by atoms with Gasteiger partial charge in [0.25, 0.3) is 11.5 Å². The number of nitrogens with one attached hydrogen (secondary N) is 2. The Labute approximate surface area is 317 Å². The van der Waals surface area contributed by atoms with Crippen molar-refractivity contribution in [2.45, 2.75) is 78.2 Å². The Kier molecular flexibility index (Phi) is 15.7. The van der Waals surface area contributed by atoms with Gasteiger partial charge in [-0.25, -0.2) is 23.1 Å². The third kappa shape index (κ3) is 12.2. The highest BCUT2D eigenvalue weighted by molar-refractivity contribution is 7.88. The van der Waals surface area contributed by atoms with Crippen LogP contribution in [0.1, 0.15) is 76.1 Å². The Hall–Kier alpha value is -5.08. The molecule has 3 aromatic carbocycles. The van der Waals surface area contributed by atoms with Gasteiger partial charge in [-0.15, -0.1) is 0 Å². The standard InChI is InChI=1S/C40H52N6O7S/c1-5-45(27-25-41-54(4,51)52)30-23-24-32(29(2)28-30)42-37(39(49)44-34-20-15-16-21-35(34)53-3)38-43-33-19-14-13-18-31(33)40(50)46(38)26-17-11-9-7-6-8-10-12-22-36(47)48/h13-16,18-21,23-24,28,41H,5-12,17,22,25-27H2,1-4H3,(H,44,49)(H,47,48)/b42-37+. The van der Waals surface area contributed by atoms with Crippen molar-refractivity contribution in [2.75, 3.05) is 43.2 Å².